The molecule has 0 amide bonds. The maximum Gasteiger partial charge on any atom is 0.0552 e. The Bertz CT molecular complexity index is 714. The molecular weight excluding hydrogens is 312 g/mol. The lowest BCUT2D eigenvalue weighted by molar-refractivity contribution is 0.127. The fourth-order valence-corrected chi connectivity index (χ4v) is 6.12. The normalized spacial score (nSPS) is 28.5. The Hall–Kier alpha value is -1.45. The van der Waals surface area contributed by atoms with Crippen LogP contribution in [0.4, 0.5) is 11.4 Å². The minimum absolute atomic E-state index is 0.776. The van der Waals surface area contributed by atoms with Crippen LogP contribution in [0.5, 0.6) is 0 Å². The van der Waals surface area contributed by atoms with E-state index in [4.69, 9.17) is 0 Å². The molecule has 3 aliphatic rings. The van der Waals surface area contributed by atoms with E-state index in [9.17, 15) is 0 Å². The van der Waals surface area contributed by atoms with E-state index in [1.165, 1.54) is 47.0 Å². The number of benzene rings is 2. The lowest BCUT2D eigenvalue weighted by Crippen LogP contribution is -2.46. The molecule has 2 bridgehead atoms. The molecule has 2 nitrogen and oxygen atoms in total. The summed E-state index contributed by atoms with van der Waals surface area (Å²) in [5, 5.41) is 0. The Labute approximate surface area is 148 Å². The van der Waals surface area contributed by atoms with Gasteiger partial charge in [0.1, 0.15) is 0 Å². The first-order valence-electron chi connectivity index (χ1n) is 9.15. The highest BCUT2D eigenvalue weighted by Gasteiger charge is 2.43. The summed E-state index contributed by atoms with van der Waals surface area (Å²) in [5.41, 5.74) is 2.79. The second kappa shape index (κ2) is 5.82. The van der Waals surface area contributed by atoms with Gasteiger partial charge < -0.3 is 9.80 Å². The molecule has 3 unspecified atom stereocenters. The number of piperidine rings is 1. The summed E-state index contributed by atoms with van der Waals surface area (Å²) in [6.07, 6.45) is 4.19. The van der Waals surface area contributed by atoms with Gasteiger partial charge in [0.05, 0.1) is 11.4 Å². The summed E-state index contributed by atoms with van der Waals surface area (Å²) >= 11 is 1.91. The Morgan fingerprint density at radius 3 is 2.29 bits per heavy atom. The molecule has 0 radical (unpaired) electrons. The molecule has 0 N–H and O–H groups in total. The summed E-state index contributed by atoms with van der Waals surface area (Å²) in [6, 6.07) is 18.6. The minimum Gasteiger partial charge on any atom is -0.339 e. The Morgan fingerprint density at radius 2 is 1.58 bits per heavy atom. The van der Waals surface area contributed by atoms with Gasteiger partial charge in [0.25, 0.3) is 0 Å². The third-order valence-electron chi connectivity index (χ3n) is 6.28. The van der Waals surface area contributed by atoms with Crippen molar-refractivity contribution >= 4 is 23.1 Å². The number of para-hydroxylation sites is 2. The summed E-state index contributed by atoms with van der Waals surface area (Å²) < 4.78 is 0. The van der Waals surface area contributed by atoms with Gasteiger partial charge >= 0.3 is 0 Å². The largest absolute Gasteiger partial charge is 0.339 e. The van der Waals surface area contributed by atoms with E-state index in [-0.39, 0.29) is 0 Å². The monoisotopic (exact) mass is 336 g/mol. The number of nitrogens with zero attached hydrogens (tertiary/aromatic N) is 2. The number of likely N-dealkylation sites (tertiary alicyclic amines) is 1. The van der Waals surface area contributed by atoms with Gasteiger partial charge in [0.2, 0.25) is 0 Å². The molecule has 24 heavy (non-hydrogen) atoms. The zero-order chi connectivity index (χ0) is 16.1. The standard InChI is InChI=1S/C21H24N2S/c1-22-13-12-15-10-11-17(22)16(15)14-23-18-6-2-4-8-20(18)24-21-9-5-3-7-19(21)23/h2-9,15-17H,10-14H2,1H3. The second-order valence-electron chi connectivity index (χ2n) is 7.49. The van der Waals surface area contributed by atoms with Crippen LogP contribution in [0, 0.1) is 11.8 Å². The number of hydrogen-bond acceptors (Lipinski definition) is 3. The molecule has 1 aliphatic carbocycles. The number of anilines is 2. The number of hydrogen-bond donors (Lipinski definition) is 0. The maximum atomic E-state index is 2.62. The van der Waals surface area contributed by atoms with E-state index in [2.05, 4.69) is 65.4 Å². The third kappa shape index (κ3) is 2.29. The average molecular weight is 337 g/mol. The predicted molar refractivity (Wildman–Crippen MR) is 101 cm³/mol. The van der Waals surface area contributed by atoms with Gasteiger partial charge in [-0.15, -0.1) is 0 Å². The molecule has 0 aromatic heterocycles. The van der Waals surface area contributed by atoms with Crippen LogP contribution in [-0.2, 0) is 0 Å². The van der Waals surface area contributed by atoms with E-state index < -0.39 is 0 Å². The highest BCUT2D eigenvalue weighted by Crippen LogP contribution is 2.50. The van der Waals surface area contributed by atoms with Crippen LogP contribution in [-0.4, -0.2) is 31.1 Å². The molecule has 5 rings (SSSR count). The lowest BCUT2D eigenvalue weighted by Gasteiger charge is -2.42. The van der Waals surface area contributed by atoms with Crippen molar-refractivity contribution in [3.05, 3.63) is 48.5 Å². The molecule has 2 heterocycles. The third-order valence-corrected chi connectivity index (χ3v) is 7.41. The molecule has 2 aromatic carbocycles. The quantitative estimate of drug-likeness (QED) is 0.760. The summed E-state index contributed by atoms with van der Waals surface area (Å²) in [6.45, 7) is 2.45. The molecular formula is C21H24N2S. The van der Waals surface area contributed by atoms with Gasteiger partial charge in [-0.05, 0) is 69.0 Å². The Kier molecular flexibility index (Phi) is 3.60. The fourth-order valence-electron chi connectivity index (χ4n) is 5.03. The number of rotatable bonds is 2. The molecule has 3 heteroatoms. The summed E-state index contributed by atoms with van der Waals surface area (Å²) in [7, 11) is 2.33. The zero-order valence-electron chi connectivity index (χ0n) is 14.2. The number of fused-ring (bicyclic) bond motifs is 4. The molecule has 3 atom stereocenters. The van der Waals surface area contributed by atoms with Crippen molar-refractivity contribution in [2.45, 2.75) is 35.1 Å². The van der Waals surface area contributed by atoms with Crippen LogP contribution in [0.1, 0.15) is 19.3 Å². The van der Waals surface area contributed by atoms with E-state index in [0.29, 0.717) is 0 Å². The van der Waals surface area contributed by atoms with Gasteiger partial charge in [-0.1, -0.05) is 36.0 Å². The first-order chi connectivity index (χ1) is 11.8. The minimum atomic E-state index is 0.776. The van der Waals surface area contributed by atoms with Crippen molar-refractivity contribution in [1.29, 1.82) is 0 Å². The lowest BCUT2D eigenvalue weighted by atomic mass is 9.86. The van der Waals surface area contributed by atoms with Crippen LogP contribution in [0.2, 0.25) is 0 Å². The van der Waals surface area contributed by atoms with Crippen LogP contribution in [0.3, 0.4) is 0 Å². The van der Waals surface area contributed by atoms with E-state index >= 15 is 0 Å². The Morgan fingerprint density at radius 1 is 0.917 bits per heavy atom. The molecule has 2 fully saturated rings. The van der Waals surface area contributed by atoms with Gasteiger partial charge in [-0.2, -0.15) is 0 Å². The van der Waals surface area contributed by atoms with E-state index in [1.807, 2.05) is 11.8 Å². The van der Waals surface area contributed by atoms with E-state index in [1.54, 1.807) is 0 Å². The van der Waals surface area contributed by atoms with Crippen LogP contribution in [0.15, 0.2) is 58.3 Å². The van der Waals surface area contributed by atoms with Crippen molar-refractivity contribution in [2.75, 3.05) is 25.0 Å². The molecule has 1 saturated carbocycles. The van der Waals surface area contributed by atoms with Crippen molar-refractivity contribution in [1.82, 2.24) is 4.90 Å². The molecule has 1 saturated heterocycles. The maximum absolute atomic E-state index is 2.62. The van der Waals surface area contributed by atoms with Gasteiger partial charge in [0.15, 0.2) is 0 Å². The first-order valence-corrected chi connectivity index (χ1v) is 9.96. The predicted octanol–water partition coefficient (Wildman–Crippen LogP) is 5.02. The van der Waals surface area contributed by atoms with Gasteiger partial charge in [-0.25, -0.2) is 0 Å². The zero-order valence-corrected chi connectivity index (χ0v) is 15.0. The van der Waals surface area contributed by atoms with E-state index in [0.717, 1.165) is 24.4 Å². The summed E-state index contributed by atoms with van der Waals surface area (Å²) in [4.78, 5) is 8.02. The van der Waals surface area contributed by atoms with Crippen LogP contribution >= 0.6 is 11.8 Å². The SMILES string of the molecule is CN1CCC2CCC1C2CN1c2ccccc2Sc2ccccc21. The highest BCUT2D eigenvalue weighted by atomic mass is 32.2. The van der Waals surface area contributed by atoms with Crippen molar-refractivity contribution in [3.8, 4) is 0 Å². The first kappa shape index (κ1) is 14.9. The molecule has 2 aliphatic heterocycles. The van der Waals surface area contributed by atoms with Gasteiger partial charge in [0, 0.05) is 22.4 Å². The second-order valence-corrected chi connectivity index (χ2v) is 8.57. The van der Waals surface area contributed by atoms with Gasteiger partial charge in [-0.3, -0.25) is 0 Å². The molecule has 2 aromatic rings. The van der Waals surface area contributed by atoms with Crippen molar-refractivity contribution < 1.29 is 0 Å². The fraction of sp³-hybridized carbons (Fsp3) is 0.429. The smallest absolute Gasteiger partial charge is 0.0552 e. The van der Waals surface area contributed by atoms with Crippen LogP contribution in [0.25, 0.3) is 0 Å². The topological polar surface area (TPSA) is 6.48 Å². The van der Waals surface area contributed by atoms with Crippen molar-refractivity contribution in [3.63, 3.8) is 0 Å². The van der Waals surface area contributed by atoms with Crippen LogP contribution < -0.4 is 4.90 Å². The molecule has 0 spiro atoms. The molecule has 124 valence electrons. The van der Waals surface area contributed by atoms with Crippen molar-refractivity contribution in [2.24, 2.45) is 11.8 Å². The average Bonchev–Trinajstić information content (AvgIpc) is 2.91. The Balaban J connectivity index is 1.54. The highest BCUT2D eigenvalue weighted by molar-refractivity contribution is 7.99. The summed E-state index contributed by atoms with van der Waals surface area (Å²) in [5.74, 6) is 1.72.